The fraction of sp³-hybridized carbons (Fsp3) is 0.200. The van der Waals surface area contributed by atoms with Crippen LogP contribution in [0.3, 0.4) is 0 Å². The summed E-state index contributed by atoms with van der Waals surface area (Å²) in [6.07, 6.45) is 3.00. The second-order valence-corrected chi connectivity index (χ2v) is 7.55. The molecule has 0 atom stereocenters. The van der Waals surface area contributed by atoms with Crippen LogP contribution in [-0.2, 0) is 19.5 Å². The Morgan fingerprint density at radius 3 is 2.71 bits per heavy atom. The monoisotopic (exact) mass is 478 g/mol. The number of carbonyl (C=O) groups is 1. The molecule has 3 aromatic carbocycles. The van der Waals surface area contributed by atoms with E-state index in [1.807, 2.05) is 47.3 Å². The highest BCUT2D eigenvalue weighted by Crippen LogP contribution is 2.26. The Morgan fingerprint density at radius 2 is 1.90 bits per heavy atom. The molecule has 5 nitrogen and oxygen atoms in total. The summed E-state index contributed by atoms with van der Waals surface area (Å²) in [7, 11) is 1.62. The first-order chi connectivity index (χ1) is 14.7. The number of fused-ring (bicyclic) bond motifs is 2. The van der Waals surface area contributed by atoms with E-state index in [9.17, 15) is 4.79 Å². The molecule has 0 fully saturated rings. The number of methoxy groups -OCH3 is 1. The van der Waals surface area contributed by atoms with Crippen molar-refractivity contribution in [3.05, 3.63) is 89.7 Å². The van der Waals surface area contributed by atoms with Crippen molar-refractivity contribution in [3.63, 3.8) is 0 Å². The predicted octanol–water partition coefficient (Wildman–Crippen LogP) is 0.807. The Labute approximate surface area is 191 Å². The van der Waals surface area contributed by atoms with Gasteiger partial charge in [-0.2, -0.15) is 0 Å². The molecule has 31 heavy (non-hydrogen) atoms. The van der Waals surface area contributed by atoms with Gasteiger partial charge in [-0.3, -0.25) is 4.79 Å². The molecular formula is C25H23BrN2O3. The predicted molar refractivity (Wildman–Crippen MR) is 114 cm³/mol. The molecule has 1 aliphatic rings. The lowest BCUT2D eigenvalue weighted by molar-refractivity contribution is -0.663. The van der Waals surface area contributed by atoms with Gasteiger partial charge in [-0.1, -0.05) is 18.2 Å². The second kappa shape index (κ2) is 8.94. The Bertz CT molecular complexity index is 1230. The summed E-state index contributed by atoms with van der Waals surface area (Å²) in [5, 5.41) is 0. The Kier molecular flexibility index (Phi) is 6.09. The van der Waals surface area contributed by atoms with Crippen LogP contribution in [0.4, 0.5) is 0 Å². The highest BCUT2D eigenvalue weighted by atomic mass is 79.9. The minimum atomic E-state index is 0. The maximum Gasteiger partial charge on any atom is 0.245 e. The minimum absolute atomic E-state index is 0. The highest BCUT2D eigenvalue weighted by molar-refractivity contribution is 5.96. The maximum absolute atomic E-state index is 12.9. The number of imidazole rings is 1. The summed E-state index contributed by atoms with van der Waals surface area (Å²) in [6.45, 7) is 1.80. The fourth-order valence-electron chi connectivity index (χ4n) is 4.05. The summed E-state index contributed by atoms with van der Waals surface area (Å²) in [5.41, 5.74) is 5.33. The molecule has 0 spiro atoms. The van der Waals surface area contributed by atoms with Crippen LogP contribution in [0, 0.1) is 0 Å². The van der Waals surface area contributed by atoms with E-state index in [1.54, 1.807) is 7.11 Å². The van der Waals surface area contributed by atoms with Gasteiger partial charge in [0.15, 0.2) is 17.6 Å². The fourth-order valence-corrected chi connectivity index (χ4v) is 4.05. The van der Waals surface area contributed by atoms with Crippen molar-refractivity contribution in [2.75, 3.05) is 13.7 Å². The standard InChI is InChI=1S/C25H23N2O3.BrH/c1-29-21-9-7-19(8-10-21)24(28)16-27-17-26(22-4-2-3-5-23(22)27)15-18-6-11-25-20(14-18)12-13-30-25;/h2-11,14,17H,12-13,15-16H2,1H3;1H/q+1;/p-1. The molecular weight excluding hydrogens is 456 g/mol. The lowest BCUT2D eigenvalue weighted by atomic mass is 10.1. The van der Waals surface area contributed by atoms with Crippen molar-refractivity contribution in [3.8, 4) is 11.5 Å². The van der Waals surface area contributed by atoms with Gasteiger partial charge in [-0.15, -0.1) is 0 Å². The van der Waals surface area contributed by atoms with Crippen LogP contribution in [0.2, 0.25) is 0 Å². The van der Waals surface area contributed by atoms with Gasteiger partial charge >= 0.3 is 0 Å². The number of para-hydroxylation sites is 2. The van der Waals surface area contributed by atoms with Crippen molar-refractivity contribution in [2.45, 2.75) is 19.5 Å². The number of carbonyl (C=O) groups excluding carboxylic acids is 1. The topological polar surface area (TPSA) is 44.3 Å². The average Bonchev–Trinajstić information content (AvgIpc) is 3.38. The number of hydrogen-bond donors (Lipinski definition) is 0. The van der Waals surface area contributed by atoms with Crippen LogP contribution in [0.5, 0.6) is 11.5 Å². The van der Waals surface area contributed by atoms with Crippen LogP contribution in [0.15, 0.2) is 73.1 Å². The minimum Gasteiger partial charge on any atom is -1.00 e. The van der Waals surface area contributed by atoms with E-state index in [0.29, 0.717) is 5.56 Å². The first kappa shape index (κ1) is 21.1. The van der Waals surface area contributed by atoms with E-state index in [-0.39, 0.29) is 29.3 Å². The molecule has 0 amide bonds. The first-order valence-corrected chi connectivity index (χ1v) is 10.1. The van der Waals surface area contributed by atoms with E-state index in [2.05, 4.69) is 34.9 Å². The molecule has 1 aromatic heterocycles. The number of ether oxygens (including phenoxy) is 2. The van der Waals surface area contributed by atoms with Crippen LogP contribution < -0.4 is 31.0 Å². The number of benzene rings is 3. The smallest absolute Gasteiger partial charge is 0.245 e. The molecule has 5 rings (SSSR count). The molecule has 1 aliphatic heterocycles. The third kappa shape index (κ3) is 4.21. The summed E-state index contributed by atoms with van der Waals surface area (Å²) in [6, 6.07) is 21.9. The van der Waals surface area contributed by atoms with Crippen molar-refractivity contribution >= 4 is 16.8 Å². The van der Waals surface area contributed by atoms with Crippen molar-refractivity contribution in [2.24, 2.45) is 0 Å². The number of halogens is 1. The molecule has 0 saturated heterocycles. The lowest BCUT2D eigenvalue weighted by Crippen LogP contribution is -3.00. The van der Waals surface area contributed by atoms with E-state index >= 15 is 0 Å². The number of aromatic nitrogens is 2. The first-order valence-electron chi connectivity index (χ1n) is 10.1. The van der Waals surface area contributed by atoms with Crippen molar-refractivity contribution in [1.29, 1.82) is 0 Å². The summed E-state index contributed by atoms with van der Waals surface area (Å²) >= 11 is 0. The number of ketones is 1. The molecule has 0 N–H and O–H groups in total. The third-order valence-electron chi connectivity index (χ3n) is 5.61. The van der Waals surface area contributed by atoms with E-state index in [4.69, 9.17) is 9.47 Å². The van der Waals surface area contributed by atoms with Gasteiger partial charge in [0, 0.05) is 12.0 Å². The van der Waals surface area contributed by atoms with Gasteiger partial charge in [-0.25, -0.2) is 9.13 Å². The molecule has 158 valence electrons. The zero-order valence-corrected chi connectivity index (χ0v) is 18.8. The zero-order chi connectivity index (χ0) is 20.5. The third-order valence-corrected chi connectivity index (χ3v) is 5.61. The molecule has 6 heteroatoms. The van der Waals surface area contributed by atoms with Gasteiger partial charge in [-0.05, 0) is 59.7 Å². The highest BCUT2D eigenvalue weighted by Gasteiger charge is 2.20. The quantitative estimate of drug-likeness (QED) is 0.304. The van der Waals surface area contributed by atoms with Gasteiger partial charge in [0.2, 0.25) is 12.1 Å². The molecule has 0 radical (unpaired) electrons. The van der Waals surface area contributed by atoms with Gasteiger partial charge in [0.05, 0.1) is 13.7 Å². The molecule has 0 bridgehead atoms. The maximum atomic E-state index is 12.9. The van der Waals surface area contributed by atoms with Gasteiger partial charge in [0.1, 0.15) is 18.0 Å². The average molecular weight is 479 g/mol. The second-order valence-electron chi connectivity index (χ2n) is 7.55. The number of hydrogen-bond acceptors (Lipinski definition) is 3. The Morgan fingerprint density at radius 1 is 1.10 bits per heavy atom. The molecule has 0 saturated carbocycles. The SMILES string of the molecule is COc1ccc(C(=O)Cn2c[n+](Cc3ccc4c(c3)CCO4)c3ccccc32)cc1.[Br-]. The van der Waals surface area contributed by atoms with E-state index < -0.39 is 0 Å². The van der Waals surface area contributed by atoms with E-state index in [0.717, 1.165) is 42.1 Å². The molecule has 2 heterocycles. The number of rotatable bonds is 6. The molecule has 0 unspecified atom stereocenters. The van der Waals surface area contributed by atoms with Crippen molar-refractivity contribution in [1.82, 2.24) is 4.57 Å². The normalized spacial score (nSPS) is 12.2. The van der Waals surface area contributed by atoms with Crippen molar-refractivity contribution < 1.29 is 35.8 Å². The van der Waals surface area contributed by atoms with Crippen LogP contribution in [-0.4, -0.2) is 24.1 Å². The molecule has 0 aliphatic carbocycles. The summed E-state index contributed by atoms with van der Waals surface area (Å²) in [5.74, 6) is 1.81. The van der Waals surface area contributed by atoms with Crippen LogP contribution >= 0.6 is 0 Å². The largest absolute Gasteiger partial charge is 1.00 e. The number of nitrogens with zero attached hydrogens (tertiary/aromatic N) is 2. The Hall–Kier alpha value is -3.12. The lowest BCUT2D eigenvalue weighted by Gasteiger charge is -2.03. The zero-order valence-electron chi connectivity index (χ0n) is 17.3. The van der Waals surface area contributed by atoms with Gasteiger partial charge in [0.25, 0.3) is 0 Å². The summed E-state index contributed by atoms with van der Waals surface area (Å²) < 4.78 is 15.0. The van der Waals surface area contributed by atoms with Crippen LogP contribution in [0.1, 0.15) is 21.5 Å². The van der Waals surface area contributed by atoms with E-state index in [1.165, 1.54) is 11.1 Å². The Balaban J connectivity index is 0.00000231. The summed E-state index contributed by atoms with van der Waals surface area (Å²) in [4.78, 5) is 12.9. The molecule has 4 aromatic rings. The van der Waals surface area contributed by atoms with Gasteiger partial charge < -0.3 is 26.5 Å². The van der Waals surface area contributed by atoms with Crippen LogP contribution in [0.25, 0.3) is 11.0 Å². The number of Topliss-reactive ketones (excluding diaryl/α,β-unsaturated/α-hetero) is 1.